The summed E-state index contributed by atoms with van der Waals surface area (Å²) in [4.78, 5) is 0. The molecule has 0 saturated carbocycles. The Bertz CT molecular complexity index is 194. The smallest absolute Gasteiger partial charge is 0.0279 e. The number of rotatable bonds is 6. The van der Waals surface area contributed by atoms with Crippen LogP contribution < -0.4 is 0 Å². The van der Waals surface area contributed by atoms with E-state index in [1.165, 1.54) is 12.8 Å². The first-order chi connectivity index (χ1) is 5.72. The highest BCUT2D eigenvalue weighted by Crippen LogP contribution is 2.14. The van der Waals surface area contributed by atoms with E-state index in [1.54, 1.807) is 6.08 Å². The maximum absolute atomic E-state index is 3.96. The van der Waals surface area contributed by atoms with Crippen LogP contribution >= 0.6 is 0 Å². The van der Waals surface area contributed by atoms with E-state index in [0.29, 0.717) is 0 Å². The van der Waals surface area contributed by atoms with Crippen LogP contribution in [0.4, 0.5) is 0 Å². The Balaban J connectivity index is 3.85. The molecule has 0 heteroatoms. The van der Waals surface area contributed by atoms with Gasteiger partial charge >= 0.3 is 0 Å². The van der Waals surface area contributed by atoms with E-state index in [0.717, 1.165) is 17.6 Å². The van der Waals surface area contributed by atoms with Crippen molar-refractivity contribution in [3.8, 4) is 0 Å². The van der Waals surface area contributed by atoms with Gasteiger partial charge in [-0.25, -0.2) is 0 Å². The molecule has 0 atom stereocenters. The summed E-state index contributed by atoms with van der Waals surface area (Å²) in [7, 11) is 0. The molecule has 0 spiro atoms. The third kappa shape index (κ3) is 4.73. The molecule has 0 fully saturated rings. The van der Waals surface area contributed by atoms with Gasteiger partial charge in [0.25, 0.3) is 0 Å². The SMILES string of the molecule is C=C/C=C\C(=C)C(=C)CCCC. The minimum Gasteiger partial charge on any atom is -0.0991 e. The normalized spacial score (nSPS) is 10.1. The maximum atomic E-state index is 3.96. The van der Waals surface area contributed by atoms with Gasteiger partial charge in [-0.05, 0) is 24.0 Å². The fourth-order valence-electron chi connectivity index (χ4n) is 0.853. The summed E-state index contributed by atoms with van der Waals surface area (Å²) >= 11 is 0. The molecule has 0 rings (SSSR count). The average molecular weight is 162 g/mol. The molecule has 0 aromatic rings. The minimum absolute atomic E-state index is 1.02. The number of hydrogen-bond donors (Lipinski definition) is 0. The van der Waals surface area contributed by atoms with Crippen molar-refractivity contribution in [2.75, 3.05) is 0 Å². The summed E-state index contributed by atoms with van der Waals surface area (Å²) in [6.45, 7) is 13.6. The lowest BCUT2D eigenvalue weighted by Crippen LogP contribution is -1.83. The van der Waals surface area contributed by atoms with Crippen LogP contribution in [-0.4, -0.2) is 0 Å². The van der Waals surface area contributed by atoms with Crippen LogP contribution in [0.5, 0.6) is 0 Å². The predicted octanol–water partition coefficient (Wildman–Crippen LogP) is 4.03. The second-order valence-corrected chi connectivity index (χ2v) is 2.83. The van der Waals surface area contributed by atoms with Crippen molar-refractivity contribution in [3.63, 3.8) is 0 Å². The van der Waals surface area contributed by atoms with Gasteiger partial charge in [0.1, 0.15) is 0 Å². The van der Waals surface area contributed by atoms with Crippen molar-refractivity contribution < 1.29 is 0 Å². The molecular weight excluding hydrogens is 144 g/mol. The van der Waals surface area contributed by atoms with Crippen LogP contribution in [-0.2, 0) is 0 Å². The van der Waals surface area contributed by atoms with Crippen molar-refractivity contribution in [2.45, 2.75) is 26.2 Å². The fraction of sp³-hybridized carbons (Fsp3) is 0.333. The molecule has 0 aromatic carbocycles. The van der Waals surface area contributed by atoms with E-state index in [9.17, 15) is 0 Å². The first kappa shape index (κ1) is 11.0. The van der Waals surface area contributed by atoms with Crippen molar-refractivity contribution in [1.29, 1.82) is 0 Å². The molecule has 0 aliphatic carbocycles. The Morgan fingerprint density at radius 2 is 2.00 bits per heavy atom. The van der Waals surface area contributed by atoms with E-state index in [2.05, 4.69) is 26.7 Å². The highest BCUT2D eigenvalue weighted by atomic mass is 14.0. The highest BCUT2D eigenvalue weighted by molar-refractivity contribution is 5.36. The Morgan fingerprint density at radius 1 is 1.33 bits per heavy atom. The van der Waals surface area contributed by atoms with Crippen LogP contribution in [0, 0.1) is 0 Å². The lowest BCUT2D eigenvalue weighted by atomic mass is 10.0. The van der Waals surface area contributed by atoms with Gasteiger partial charge in [-0.1, -0.05) is 51.3 Å². The molecule has 66 valence electrons. The molecule has 0 amide bonds. The monoisotopic (exact) mass is 162 g/mol. The van der Waals surface area contributed by atoms with E-state index < -0.39 is 0 Å². The summed E-state index contributed by atoms with van der Waals surface area (Å²) in [6, 6.07) is 0. The van der Waals surface area contributed by atoms with E-state index in [4.69, 9.17) is 0 Å². The van der Waals surface area contributed by atoms with Gasteiger partial charge in [0, 0.05) is 0 Å². The van der Waals surface area contributed by atoms with Gasteiger partial charge in [0.15, 0.2) is 0 Å². The molecule has 12 heavy (non-hydrogen) atoms. The molecule has 0 bridgehead atoms. The lowest BCUT2D eigenvalue weighted by molar-refractivity contribution is 0.796. The molecule has 0 heterocycles. The maximum Gasteiger partial charge on any atom is -0.0279 e. The topological polar surface area (TPSA) is 0 Å². The van der Waals surface area contributed by atoms with Crippen molar-refractivity contribution in [2.24, 2.45) is 0 Å². The van der Waals surface area contributed by atoms with Gasteiger partial charge in [-0.3, -0.25) is 0 Å². The largest absolute Gasteiger partial charge is 0.0991 e. The molecule has 0 aliphatic rings. The molecule has 0 radical (unpaired) electrons. The van der Waals surface area contributed by atoms with Gasteiger partial charge in [-0.15, -0.1) is 0 Å². The van der Waals surface area contributed by atoms with Crippen LogP contribution in [0.1, 0.15) is 26.2 Å². The fourth-order valence-corrected chi connectivity index (χ4v) is 0.853. The molecule has 0 aliphatic heterocycles. The zero-order chi connectivity index (χ0) is 9.40. The highest BCUT2D eigenvalue weighted by Gasteiger charge is 1.94. The van der Waals surface area contributed by atoms with E-state index in [1.807, 2.05) is 12.2 Å². The predicted molar refractivity (Wildman–Crippen MR) is 57.1 cm³/mol. The summed E-state index contributed by atoms with van der Waals surface area (Å²) in [5, 5.41) is 0. The van der Waals surface area contributed by atoms with Crippen LogP contribution in [0.2, 0.25) is 0 Å². The first-order valence-electron chi connectivity index (χ1n) is 4.38. The van der Waals surface area contributed by atoms with E-state index in [-0.39, 0.29) is 0 Å². The van der Waals surface area contributed by atoms with E-state index >= 15 is 0 Å². The first-order valence-corrected chi connectivity index (χ1v) is 4.38. The number of allylic oxidation sites excluding steroid dienone is 5. The lowest BCUT2D eigenvalue weighted by Gasteiger charge is -2.02. The summed E-state index contributed by atoms with van der Waals surface area (Å²) < 4.78 is 0. The Labute approximate surface area is 76.0 Å². The van der Waals surface area contributed by atoms with Crippen molar-refractivity contribution in [3.05, 3.63) is 49.1 Å². The zero-order valence-corrected chi connectivity index (χ0v) is 7.97. The molecule has 0 unspecified atom stereocenters. The minimum atomic E-state index is 1.02. The summed E-state index contributed by atoms with van der Waals surface area (Å²) in [5.41, 5.74) is 2.15. The van der Waals surface area contributed by atoms with Gasteiger partial charge in [0.2, 0.25) is 0 Å². The quantitative estimate of drug-likeness (QED) is 0.517. The molecular formula is C12H18. The Kier molecular flexibility index (Phi) is 6.08. The summed E-state index contributed by atoms with van der Waals surface area (Å²) in [6.07, 6.45) is 9.04. The molecule has 0 aromatic heterocycles. The molecule has 0 saturated heterocycles. The average Bonchev–Trinajstić information content (AvgIpc) is 2.10. The second kappa shape index (κ2) is 6.66. The summed E-state index contributed by atoms with van der Waals surface area (Å²) in [5.74, 6) is 0. The second-order valence-electron chi connectivity index (χ2n) is 2.83. The number of hydrogen-bond acceptors (Lipinski definition) is 0. The van der Waals surface area contributed by atoms with Gasteiger partial charge in [0.05, 0.1) is 0 Å². The third-order valence-electron chi connectivity index (χ3n) is 1.72. The van der Waals surface area contributed by atoms with Crippen LogP contribution in [0.25, 0.3) is 0 Å². The van der Waals surface area contributed by atoms with Crippen molar-refractivity contribution in [1.82, 2.24) is 0 Å². The van der Waals surface area contributed by atoms with Crippen molar-refractivity contribution >= 4 is 0 Å². The zero-order valence-electron chi connectivity index (χ0n) is 7.97. The molecule has 0 nitrogen and oxygen atoms in total. The van der Waals surface area contributed by atoms with Gasteiger partial charge < -0.3 is 0 Å². The van der Waals surface area contributed by atoms with Crippen LogP contribution in [0.3, 0.4) is 0 Å². The standard InChI is InChI=1S/C12H18/c1-5-7-9-11(3)12(4)10-8-6-2/h5,7,9H,1,3-4,6,8,10H2,2H3/b9-7-. The molecule has 0 N–H and O–H groups in total. The Morgan fingerprint density at radius 3 is 2.50 bits per heavy atom. The Hall–Kier alpha value is -1.04. The third-order valence-corrected chi connectivity index (χ3v) is 1.72. The van der Waals surface area contributed by atoms with Crippen LogP contribution in [0.15, 0.2) is 49.1 Å². The number of unbranched alkanes of at least 4 members (excludes halogenated alkanes) is 1. The van der Waals surface area contributed by atoms with Gasteiger partial charge in [-0.2, -0.15) is 0 Å².